The van der Waals surface area contributed by atoms with E-state index in [1.54, 1.807) is 11.8 Å². The molecular formula is C22H29N3O2S. The highest BCUT2D eigenvalue weighted by molar-refractivity contribution is 7.98. The van der Waals surface area contributed by atoms with Crippen LogP contribution in [0.25, 0.3) is 0 Å². The molecule has 0 atom stereocenters. The number of nitrogens with zero attached hydrogens (tertiary/aromatic N) is 2. The van der Waals surface area contributed by atoms with E-state index < -0.39 is 0 Å². The zero-order valence-corrected chi connectivity index (χ0v) is 17.5. The van der Waals surface area contributed by atoms with Crippen LogP contribution < -0.4 is 10.1 Å². The Labute approximate surface area is 172 Å². The maximum Gasteiger partial charge on any atom is 0.238 e. The van der Waals surface area contributed by atoms with Gasteiger partial charge in [0.15, 0.2) is 0 Å². The van der Waals surface area contributed by atoms with Crippen molar-refractivity contribution in [3.8, 4) is 5.75 Å². The van der Waals surface area contributed by atoms with Crippen LogP contribution in [0.2, 0.25) is 0 Å². The third-order valence-corrected chi connectivity index (χ3v) is 5.55. The molecule has 1 amide bonds. The summed E-state index contributed by atoms with van der Waals surface area (Å²) in [6, 6.07) is 16.3. The molecule has 3 rings (SSSR count). The number of benzene rings is 2. The highest BCUT2D eigenvalue weighted by Crippen LogP contribution is 2.19. The minimum Gasteiger partial charge on any atom is -0.494 e. The van der Waals surface area contributed by atoms with Gasteiger partial charge in [0.2, 0.25) is 5.91 Å². The van der Waals surface area contributed by atoms with Crippen molar-refractivity contribution in [3.05, 3.63) is 54.1 Å². The number of nitrogens with one attached hydrogen (secondary N) is 1. The van der Waals surface area contributed by atoms with Crippen LogP contribution in [0, 0.1) is 0 Å². The second kappa shape index (κ2) is 10.5. The van der Waals surface area contributed by atoms with Gasteiger partial charge in [0, 0.05) is 43.3 Å². The minimum atomic E-state index is 0.0539. The van der Waals surface area contributed by atoms with Gasteiger partial charge in [-0.1, -0.05) is 18.2 Å². The van der Waals surface area contributed by atoms with E-state index in [0.29, 0.717) is 13.2 Å². The number of rotatable bonds is 8. The Kier molecular flexibility index (Phi) is 7.77. The molecule has 5 nitrogen and oxygen atoms in total. The van der Waals surface area contributed by atoms with Crippen molar-refractivity contribution in [1.82, 2.24) is 9.80 Å². The van der Waals surface area contributed by atoms with Crippen molar-refractivity contribution in [1.29, 1.82) is 0 Å². The monoisotopic (exact) mass is 399 g/mol. The first kappa shape index (κ1) is 20.7. The third kappa shape index (κ3) is 6.26. The number of thioether (sulfide) groups is 1. The number of piperazine rings is 1. The fourth-order valence-electron chi connectivity index (χ4n) is 3.33. The highest BCUT2D eigenvalue weighted by atomic mass is 32.2. The lowest BCUT2D eigenvalue weighted by molar-refractivity contribution is -0.117. The molecule has 28 heavy (non-hydrogen) atoms. The maximum absolute atomic E-state index is 12.4. The molecule has 1 saturated heterocycles. The molecular weight excluding hydrogens is 370 g/mol. The van der Waals surface area contributed by atoms with E-state index in [2.05, 4.69) is 27.2 Å². The Morgan fingerprint density at radius 3 is 2.46 bits per heavy atom. The second-order valence-electron chi connectivity index (χ2n) is 6.91. The van der Waals surface area contributed by atoms with Gasteiger partial charge in [0.05, 0.1) is 13.2 Å². The Balaban J connectivity index is 1.41. The number of ether oxygens (including phenoxy) is 1. The smallest absolute Gasteiger partial charge is 0.238 e. The fourth-order valence-corrected chi connectivity index (χ4v) is 3.79. The Morgan fingerprint density at radius 1 is 1.07 bits per heavy atom. The van der Waals surface area contributed by atoms with Crippen LogP contribution in [0.15, 0.2) is 53.4 Å². The quantitative estimate of drug-likeness (QED) is 0.688. The third-order valence-electron chi connectivity index (χ3n) is 4.83. The molecule has 1 aliphatic rings. The summed E-state index contributed by atoms with van der Waals surface area (Å²) >= 11 is 1.68. The summed E-state index contributed by atoms with van der Waals surface area (Å²) in [4.78, 5) is 18.2. The van der Waals surface area contributed by atoms with Crippen molar-refractivity contribution in [3.63, 3.8) is 0 Å². The van der Waals surface area contributed by atoms with Crippen LogP contribution in [0.1, 0.15) is 12.5 Å². The predicted octanol–water partition coefficient (Wildman–Crippen LogP) is 3.56. The molecule has 0 aliphatic carbocycles. The van der Waals surface area contributed by atoms with Crippen molar-refractivity contribution in [2.45, 2.75) is 18.4 Å². The van der Waals surface area contributed by atoms with Gasteiger partial charge in [0.1, 0.15) is 5.75 Å². The molecule has 0 bridgehead atoms. The lowest BCUT2D eigenvalue weighted by Crippen LogP contribution is -2.48. The number of carbonyl (C=O) groups excluding carboxylic acids is 1. The van der Waals surface area contributed by atoms with Crippen molar-refractivity contribution >= 4 is 23.4 Å². The standard InChI is InChI=1S/C22H29N3O2S/c1-3-27-20-9-7-18(8-10-20)16-24-11-13-25(14-12-24)17-22(26)23-19-5-4-6-21(15-19)28-2/h4-10,15H,3,11-14,16-17H2,1-2H3,(H,23,26). The zero-order valence-electron chi connectivity index (χ0n) is 16.7. The first-order chi connectivity index (χ1) is 13.7. The van der Waals surface area contributed by atoms with Crippen LogP contribution in [0.3, 0.4) is 0 Å². The molecule has 0 aromatic heterocycles. The molecule has 1 N–H and O–H groups in total. The molecule has 1 aliphatic heterocycles. The second-order valence-corrected chi connectivity index (χ2v) is 7.79. The molecule has 2 aromatic rings. The largest absolute Gasteiger partial charge is 0.494 e. The van der Waals surface area contributed by atoms with Gasteiger partial charge in [-0.2, -0.15) is 0 Å². The number of anilines is 1. The van der Waals surface area contributed by atoms with Crippen LogP contribution in [-0.4, -0.2) is 61.3 Å². The lowest BCUT2D eigenvalue weighted by atomic mass is 10.2. The van der Waals surface area contributed by atoms with Crippen LogP contribution >= 0.6 is 11.8 Å². The molecule has 1 fully saturated rings. The number of amides is 1. The van der Waals surface area contributed by atoms with E-state index in [1.165, 1.54) is 5.56 Å². The molecule has 2 aromatic carbocycles. The Morgan fingerprint density at radius 2 is 1.79 bits per heavy atom. The van der Waals surface area contributed by atoms with E-state index in [1.807, 2.05) is 49.6 Å². The molecule has 150 valence electrons. The molecule has 0 spiro atoms. The normalized spacial score (nSPS) is 15.4. The van der Waals surface area contributed by atoms with Gasteiger partial charge in [-0.05, 0) is 49.1 Å². The van der Waals surface area contributed by atoms with Crippen LogP contribution in [0.4, 0.5) is 5.69 Å². The minimum absolute atomic E-state index is 0.0539. The van der Waals surface area contributed by atoms with E-state index in [-0.39, 0.29) is 5.91 Å². The molecule has 0 saturated carbocycles. The zero-order chi connectivity index (χ0) is 19.8. The summed E-state index contributed by atoms with van der Waals surface area (Å²) in [7, 11) is 0. The van der Waals surface area contributed by atoms with Gasteiger partial charge < -0.3 is 10.1 Å². The lowest BCUT2D eigenvalue weighted by Gasteiger charge is -2.34. The van der Waals surface area contributed by atoms with Crippen LogP contribution in [-0.2, 0) is 11.3 Å². The molecule has 6 heteroatoms. The SMILES string of the molecule is CCOc1ccc(CN2CCN(CC(=O)Nc3cccc(SC)c3)CC2)cc1. The number of carbonyl (C=O) groups is 1. The Bertz CT molecular complexity index is 759. The van der Waals surface area contributed by atoms with E-state index in [4.69, 9.17) is 4.74 Å². The van der Waals surface area contributed by atoms with Gasteiger partial charge in [-0.15, -0.1) is 11.8 Å². The van der Waals surface area contributed by atoms with Gasteiger partial charge in [0.25, 0.3) is 0 Å². The average molecular weight is 400 g/mol. The number of hydrogen-bond acceptors (Lipinski definition) is 5. The molecule has 0 unspecified atom stereocenters. The molecule has 1 heterocycles. The van der Waals surface area contributed by atoms with E-state index in [0.717, 1.165) is 49.1 Å². The highest BCUT2D eigenvalue weighted by Gasteiger charge is 2.19. The predicted molar refractivity (Wildman–Crippen MR) is 116 cm³/mol. The summed E-state index contributed by atoms with van der Waals surface area (Å²) < 4.78 is 5.50. The summed E-state index contributed by atoms with van der Waals surface area (Å²) in [6.07, 6.45) is 2.04. The maximum atomic E-state index is 12.4. The topological polar surface area (TPSA) is 44.8 Å². The van der Waals surface area contributed by atoms with Crippen molar-refractivity contribution in [2.75, 3.05) is 50.9 Å². The Hall–Kier alpha value is -2.02. The summed E-state index contributed by atoms with van der Waals surface area (Å²) in [5.74, 6) is 0.975. The van der Waals surface area contributed by atoms with E-state index >= 15 is 0 Å². The van der Waals surface area contributed by atoms with E-state index in [9.17, 15) is 4.79 Å². The summed E-state index contributed by atoms with van der Waals surface area (Å²) in [6.45, 7) is 7.84. The van der Waals surface area contributed by atoms with Crippen molar-refractivity contribution < 1.29 is 9.53 Å². The first-order valence-electron chi connectivity index (χ1n) is 9.76. The van der Waals surface area contributed by atoms with Gasteiger partial charge in [-0.25, -0.2) is 0 Å². The molecule has 0 radical (unpaired) electrons. The van der Waals surface area contributed by atoms with Crippen molar-refractivity contribution in [2.24, 2.45) is 0 Å². The summed E-state index contributed by atoms with van der Waals surface area (Å²) in [5, 5.41) is 3.01. The van der Waals surface area contributed by atoms with Crippen LogP contribution in [0.5, 0.6) is 5.75 Å². The fraction of sp³-hybridized carbons (Fsp3) is 0.409. The summed E-state index contributed by atoms with van der Waals surface area (Å²) in [5.41, 5.74) is 2.16. The average Bonchev–Trinajstić information content (AvgIpc) is 2.71. The first-order valence-corrected chi connectivity index (χ1v) is 11.0. The van der Waals surface area contributed by atoms with Gasteiger partial charge >= 0.3 is 0 Å². The number of hydrogen-bond donors (Lipinski definition) is 1. The van der Waals surface area contributed by atoms with Gasteiger partial charge in [-0.3, -0.25) is 14.6 Å².